The van der Waals surface area contributed by atoms with E-state index >= 15 is 0 Å². The molecule has 4 nitrogen and oxygen atoms in total. The lowest BCUT2D eigenvalue weighted by atomic mass is 10.1. The highest BCUT2D eigenvalue weighted by molar-refractivity contribution is 9.10. The van der Waals surface area contributed by atoms with Crippen LogP contribution in [0.15, 0.2) is 41.0 Å². The average molecular weight is 317 g/mol. The number of nitrogens with two attached hydrogens (primary N) is 1. The summed E-state index contributed by atoms with van der Waals surface area (Å²) in [5.41, 5.74) is 7.64. The Labute approximate surface area is 119 Å². The molecule has 0 aliphatic carbocycles. The smallest absolute Gasteiger partial charge is 0.0901 e. The number of halogens is 1. The van der Waals surface area contributed by atoms with Gasteiger partial charge < -0.3 is 10.4 Å². The number of rotatable bonds is 2. The van der Waals surface area contributed by atoms with Crippen molar-refractivity contribution in [2.45, 2.75) is 6.92 Å². The maximum absolute atomic E-state index is 5.69. The Hall–Kier alpha value is -1.85. The van der Waals surface area contributed by atoms with E-state index in [-0.39, 0.29) is 0 Å². The molecule has 0 unspecified atom stereocenters. The number of nitrogens with one attached hydrogen (secondary N) is 2. The molecule has 0 atom stereocenters. The molecule has 2 heterocycles. The summed E-state index contributed by atoms with van der Waals surface area (Å²) in [5, 5.41) is 1.10. The first-order chi connectivity index (χ1) is 9.20. The van der Waals surface area contributed by atoms with E-state index in [1.807, 2.05) is 24.3 Å². The zero-order chi connectivity index (χ0) is 13.4. The number of aryl methyl sites for hydroxylation is 1. The first kappa shape index (κ1) is 12.2. The maximum atomic E-state index is 5.69. The second kappa shape index (κ2) is 4.68. The summed E-state index contributed by atoms with van der Waals surface area (Å²) in [6.45, 7) is 2.07. The van der Waals surface area contributed by atoms with Crippen LogP contribution in [-0.4, -0.2) is 9.97 Å². The van der Waals surface area contributed by atoms with E-state index in [2.05, 4.69) is 44.3 Å². The largest absolute Gasteiger partial charge is 0.351 e. The number of nitrogens with zero attached hydrogens (tertiary/aromatic N) is 1. The molecular formula is C14H13BrN4. The lowest BCUT2D eigenvalue weighted by Crippen LogP contribution is -2.07. The summed E-state index contributed by atoms with van der Waals surface area (Å²) in [5.74, 6) is 5.69. The van der Waals surface area contributed by atoms with Crippen molar-refractivity contribution in [3.63, 3.8) is 0 Å². The number of hydrazine groups is 1. The van der Waals surface area contributed by atoms with Crippen molar-refractivity contribution in [1.29, 1.82) is 0 Å². The van der Waals surface area contributed by atoms with Gasteiger partial charge in [0, 0.05) is 21.6 Å². The molecule has 4 N–H and O–H groups in total. The summed E-state index contributed by atoms with van der Waals surface area (Å²) in [6.07, 6.45) is 1.77. The lowest BCUT2D eigenvalue weighted by molar-refractivity contribution is 1.26. The van der Waals surface area contributed by atoms with E-state index in [0.717, 1.165) is 32.5 Å². The third-order valence-electron chi connectivity index (χ3n) is 3.16. The zero-order valence-corrected chi connectivity index (χ0v) is 12.0. The average Bonchev–Trinajstić information content (AvgIpc) is 2.79. The van der Waals surface area contributed by atoms with Crippen LogP contribution in [0.4, 0.5) is 5.69 Å². The van der Waals surface area contributed by atoms with Gasteiger partial charge in [0.25, 0.3) is 0 Å². The predicted octanol–water partition coefficient (Wildman–Crippen LogP) is 3.59. The van der Waals surface area contributed by atoms with Gasteiger partial charge in [-0.05, 0) is 46.6 Å². The Balaban J connectivity index is 2.29. The summed E-state index contributed by atoms with van der Waals surface area (Å²) < 4.78 is 0.950. The normalized spacial score (nSPS) is 10.9. The number of pyridine rings is 1. The van der Waals surface area contributed by atoms with Crippen molar-refractivity contribution in [2.75, 3.05) is 5.43 Å². The van der Waals surface area contributed by atoms with Crippen LogP contribution in [-0.2, 0) is 0 Å². The van der Waals surface area contributed by atoms with E-state index in [0.29, 0.717) is 0 Å². The number of benzene rings is 1. The molecule has 5 heteroatoms. The molecule has 0 radical (unpaired) electrons. The molecule has 19 heavy (non-hydrogen) atoms. The first-order valence-electron chi connectivity index (χ1n) is 5.90. The molecule has 1 aromatic carbocycles. The number of anilines is 1. The molecule has 2 aromatic heterocycles. The highest BCUT2D eigenvalue weighted by Gasteiger charge is 2.14. The van der Waals surface area contributed by atoms with Gasteiger partial charge >= 0.3 is 0 Å². The van der Waals surface area contributed by atoms with Crippen molar-refractivity contribution >= 4 is 32.5 Å². The van der Waals surface area contributed by atoms with Gasteiger partial charge in [-0.25, -0.2) is 0 Å². The third kappa shape index (κ3) is 2.01. The van der Waals surface area contributed by atoms with Gasteiger partial charge in [0.1, 0.15) is 0 Å². The Morgan fingerprint density at radius 1 is 1.26 bits per heavy atom. The third-order valence-corrected chi connectivity index (χ3v) is 3.63. The van der Waals surface area contributed by atoms with E-state index in [4.69, 9.17) is 5.84 Å². The molecule has 0 fully saturated rings. The highest BCUT2D eigenvalue weighted by Crippen LogP contribution is 2.35. The molecule has 0 saturated carbocycles. The van der Waals surface area contributed by atoms with Gasteiger partial charge in [0.2, 0.25) is 0 Å². The number of aromatic amines is 1. The molecular weight excluding hydrogens is 304 g/mol. The van der Waals surface area contributed by atoms with Crippen molar-refractivity contribution < 1.29 is 0 Å². The molecule has 96 valence electrons. The second-order valence-corrected chi connectivity index (χ2v) is 5.29. The monoisotopic (exact) mass is 316 g/mol. The molecule has 3 rings (SSSR count). The van der Waals surface area contributed by atoms with E-state index in [9.17, 15) is 0 Å². The van der Waals surface area contributed by atoms with E-state index < -0.39 is 0 Å². The number of nitrogen functional groups attached to an aromatic ring is 1. The van der Waals surface area contributed by atoms with Crippen LogP contribution in [0.2, 0.25) is 0 Å². The fourth-order valence-corrected chi connectivity index (χ4v) is 2.52. The SMILES string of the molecule is Cc1cccc2[nH]c(-c3ccc(Br)cn3)c(NN)c12. The number of hydrogen-bond donors (Lipinski definition) is 3. The van der Waals surface area contributed by atoms with Crippen LogP contribution in [0.5, 0.6) is 0 Å². The van der Waals surface area contributed by atoms with Crippen LogP contribution >= 0.6 is 15.9 Å². The first-order valence-corrected chi connectivity index (χ1v) is 6.70. The Bertz CT molecular complexity index is 731. The minimum Gasteiger partial charge on any atom is -0.351 e. The highest BCUT2D eigenvalue weighted by atomic mass is 79.9. The Morgan fingerprint density at radius 3 is 2.79 bits per heavy atom. The van der Waals surface area contributed by atoms with Crippen molar-refractivity contribution in [1.82, 2.24) is 9.97 Å². The Kier molecular flexibility index (Phi) is 3.00. The minimum atomic E-state index is 0.853. The summed E-state index contributed by atoms with van der Waals surface area (Å²) in [6, 6.07) is 10.0. The standard InChI is InChI=1S/C14H13BrN4/c1-8-3-2-4-10-12(8)14(19-16)13(18-10)11-6-5-9(15)7-17-11/h2-7,18-19H,16H2,1H3. The van der Waals surface area contributed by atoms with Crippen molar-refractivity contribution in [3.8, 4) is 11.4 Å². The fraction of sp³-hybridized carbons (Fsp3) is 0.0714. The molecule has 0 aliphatic rings. The molecule has 0 spiro atoms. The van der Waals surface area contributed by atoms with Crippen LogP contribution in [0.3, 0.4) is 0 Å². The molecule has 0 amide bonds. The quantitative estimate of drug-likeness (QED) is 0.500. The van der Waals surface area contributed by atoms with E-state index in [1.165, 1.54) is 5.56 Å². The summed E-state index contributed by atoms with van der Waals surface area (Å²) in [7, 11) is 0. The maximum Gasteiger partial charge on any atom is 0.0901 e. The lowest BCUT2D eigenvalue weighted by Gasteiger charge is -2.04. The van der Waals surface area contributed by atoms with E-state index in [1.54, 1.807) is 6.20 Å². The molecule has 3 aromatic rings. The molecule has 0 saturated heterocycles. The molecule has 0 aliphatic heterocycles. The second-order valence-electron chi connectivity index (χ2n) is 4.38. The van der Waals surface area contributed by atoms with Crippen LogP contribution in [0.1, 0.15) is 5.56 Å². The number of aromatic nitrogens is 2. The summed E-state index contributed by atoms with van der Waals surface area (Å²) >= 11 is 3.39. The van der Waals surface area contributed by atoms with Gasteiger partial charge in [-0.1, -0.05) is 12.1 Å². The molecule has 0 bridgehead atoms. The minimum absolute atomic E-state index is 0.853. The van der Waals surface area contributed by atoms with Crippen molar-refractivity contribution in [2.24, 2.45) is 5.84 Å². The van der Waals surface area contributed by atoms with Gasteiger partial charge in [-0.2, -0.15) is 0 Å². The van der Waals surface area contributed by atoms with Crippen molar-refractivity contribution in [3.05, 3.63) is 46.6 Å². The number of hydrogen-bond acceptors (Lipinski definition) is 3. The summed E-state index contributed by atoms with van der Waals surface area (Å²) in [4.78, 5) is 7.78. The number of fused-ring (bicyclic) bond motifs is 1. The van der Waals surface area contributed by atoms with Gasteiger partial charge in [-0.15, -0.1) is 0 Å². The topological polar surface area (TPSA) is 66.7 Å². The van der Waals surface area contributed by atoms with Crippen LogP contribution in [0.25, 0.3) is 22.3 Å². The zero-order valence-electron chi connectivity index (χ0n) is 10.4. The van der Waals surface area contributed by atoms with Crippen LogP contribution in [0, 0.1) is 6.92 Å². The van der Waals surface area contributed by atoms with Gasteiger partial charge in [0.15, 0.2) is 0 Å². The van der Waals surface area contributed by atoms with Gasteiger partial charge in [-0.3, -0.25) is 10.8 Å². The van der Waals surface area contributed by atoms with Crippen LogP contribution < -0.4 is 11.3 Å². The predicted molar refractivity (Wildman–Crippen MR) is 81.8 cm³/mol. The Morgan fingerprint density at radius 2 is 2.11 bits per heavy atom. The fourth-order valence-electron chi connectivity index (χ4n) is 2.29. The number of H-pyrrole nitrogens is 1. The van der Waals surface area contributed by atoms with Gasteiger partial charge in [0.05, 0.1) is 17.1 Å².